The molecule has 0 aliphatic carbocycles. The summed E-state index contributed by atoms with van der Waals surface area (Å²) in [7, 11) is -3.37. The Morgan fingerprint density at radius 3 is 2.54 bits per heavy atom. The molecule has 0 radical (unpaired) electrons. The van der Waals surface area contributed by atoms with Crippen LogP contribution in [0.15, 0.2) is 47.0 Å². The van der Waals surface area contributed by atoms with Gasteiger partial charge in [-0.1, -0.05) is 12.1 Å². The molecule has 3 aliphatic rings. The van der Waals surface area contributed by atoms with Crippen molar-refractivity contribution in [2.75, 3.05) is 43.5 Å². The van der Waals surface area contributed by atoms with Crippen molar-refractivity contribution in [3.8, 4) is 0 Å². The Morgan fingerprint density at radius 2 is 1.79 bits per heavy atom. The standard InChI is InChI=1S/C17H19N3O3S/c21-24(22)13-10-20-7-1-2-16(17(20)18-24)14-3-5-15(6-4-14)19-8-11-23-12-9-19/h1-7H,8-13H2. The summed E-state index contributed by atoms with van der Waals surface area (Å²) in [6.07, 6.45) is 5.72. The van der Waals surface area contributed by atoms with E-state index in [1.165, 1.54) is 0 Å². The van der Waals surface area contributed by atoms with Crippen molar-refractivity contribution in [3.63, 3.8) is 0 Å². The number of nitrogens with zero attached hydrogens (tertiary/aromatic N) is 3. The zero-order valence-electron chi connectivity index (χ0n) is 13.3. The fourth-order valence-electron chi connectivity index (χ4n) is 3.11. The highest BCUT2D eigenvalue weighted by atomic mass is 32.2. The van der Waals surface area contributed by atoms with Gasteiger partial charge in [-0.15, -0.1) is 4.40 Å². The van der Waals surface area contributed by atoms with Crippen molar-refractivity contribution in [2.24, 2.45) is 4.40 Å². The van der Waals surface area contributed by atoms with Gasteiger partial charge in [0.15, 0.2) is 5.84 Å². The molecule has 1 fully saturated rings. The first-order valence-corrected chi connectivity index (χ1v) is 9.65. The molecule has 1 saturated heterocycles. The number of allylic oxidation sites excluding steroid dienone is 2. The minimum Gasteiger partial charge on any atom is -0.378 e. The molecule has 24 heavy (non-hydrogen) atoms. The molecule has 6 nitrogen and oxygen atoms in total. The lowest BCUT2D eigenvalue weighted by molar-refractivity contribution is 0.122. The first-order valence-electron chi connectivity index (χ1n) is 8.04. The van der Waals surface area contributed by atoms with Crippen LogP contribution in [0.4, 0.5) is 5.69 Å². The van der Waals surface area contributed by atoms with Crippen LogP contribution in [0.1, 0.15) is 5.56 Å². The van der Waals surface area contributed by atoms with Gasteiger partial charge in [-0.2, -0.15) is 0 Å². The molecular formula is C17H19N3O3S. The fraction of sp³-hybridized carbons (Fsp3) is 0.353. The third-order valence-corrected chi connectivity index (χ3v) is 5.56. The first-order chi connectivity index (χ1) is 11.6. The SMILES string of the molecule is O=S1(=O)CCN2C=CC=C(c3ccc(N4CCOCC4)cc3)C2=N1. The van der Waals surface area contributed by atoms with Crippen LogP contribution in [0.3, 0.4) is 0 Å². The molecule has 0 amide bonds. The van der Waals surface area contributed by atoms with Gasteiger partial charge in [0.05, 0.1) is 19.0 Å². The smallest absolute Gasteiger partial charge is 0.256 e. The average molecular weight is 345 g/mol. The lowest BCUT2D eigenvalue weighted by Crippen LogP contribution is -2.37. The number of hydrogen-bond donors (Lipinski definition) is 0. The summed E-state index contributed by atoms with van der Waals surface area (Å²) in [5.74, 6) is 0.576. The molecule has 0 aromatic heterocycles. The second kappa shape index (κ2) is 6.07. The van der Waals surface area contributed by atoms with Gasteiger partial charge in [0.2, 0.25) is 0 Å². The highest BCUT2D eigenvalue weighted by Crippen LogP contribution is 2.27. The van der Waals surface area contributed by atoms with Crippen LogP contribution in [0.2, 0.25) is 0 Å². The Kier molecular flexibility index (Phi) is 3.90. The van der Waals surface area contributed by atoms with E-state index in [1.807, 2.05) is 35.4 Å². The molecule has 0 atom stereocenters. The monoisotopic (exact) mass is 345 g/mol. The Morgan fingerprint density at radius 1 is 1.04 bits per heavy atom. The number of rotatable bonds is 2. The summed E-state index contributed by atoms with van der Waals surface area (Å²) in [6, 6.07) is 8.19. The van der Waals surface area contributed by atoms with E-state index >= 15 is 0 Å². The fourth-order valence-corrected chi connectivity index (χ4v) is 4.10. The number of sulfonamides is 1. The van der Waals surface area contributed by atoms with Gasteiger partial charge in [-0.3, -0.25) is 0 Å². The summed E-state index contributed by atoms with van der Waals surface area (Å²) in [5.41, 5.74) is 2.97. The lowest BCUT2D eigenvalue weighted by atomic mass is 10.0. The third-order valence-electron chi connectivity index (χ3n) is 4.41. The van der Waals surface area contributed by atoms with Gasteiger partial charge in [-0.25, -0.2) is 8.42 Å². The van der Waals surface area contributed by atoms with E-state index in [-0.39, 0.29) is 5.75 Å². The Labute approximate surface area is 141 Å². The quantitative estimate of drug-likeness (QED) is 0.812. The Bertz CT molecular complexity index is 819. The van der Waals surface area contributed by atoms with E-state index in [4.69, 9.17) is 4.74 Å². The Hall–Kier alpha value is -2.12. The van der Waals surface area contributed by atoms with Crippen LogP contribution in [-0.2, 0) is 14.8 Å². The predicted molar refractivity (Wildman–Crippen MR) is 94.5 cm³/mol. The summed E-state index contributed by atoms with van der Waals surface area (Å²) >= 11 is 0. The van der Waals surface area contributed by atoms with Crippen molar-refractivity contribution < 1.29 is 13.2 Å². The molecule has 3 heterocycles. The maximum Gasteiger partial charge on any atom is 0.256 e. The van der Waals surface area contributed by atoms with Crippen LogP contribution < -0.4 is 4.90 Å². The molecule has 4 rings (SSSR count). The maximum atomic E-state index is 11.9. The third kappa shape index (κ3) is 2.97. The van der Waals surface area contributed by atoms with E-state index in [9.17, 15) is 8.42 Å². The average Bonchev–Trinajstić information content (AvgIpc) is 2.61. The first kappa shape index (κ1) is 15.4. The van der Waals surface area contributed by atoms with Crippen molar-refractivity contribution in [3.05, 3.63) is 48.2 Å². The summed E-state index contributed by atoms with van der Waals surface area (Å²) < 4.78 is 33.1. The van der Waals surface area contributed by atoms with Gasteiger partial charge in [0, 0.05) is 37.1 Å². The number of hydrogen-bond acceptors (Lipinski definition) is 5. The molecule has 0 unspecified atom stereocenters. The van der Waals surface area contributed by atoms with Gasteiger partial charge in [0.25, 0.3) is 10.0 Å². The van der Waals surface area contributed by atoms with Crippen LogP contribution in [-0.4, -0.2) is 57.8 Å². The molecule has 3 aliphatic heterocycles. The molecule has 1 aromatic rings. The second-order valence-corrected chi connectivity index (χ2v) is 7.72. The molecule has 126 valence electrons. The van der Waals surface area contributed by atoms with E-state index < -0.39 is 10.0 Å². The number of benzene rings is 1. The molecule has 0 spiro atoms. The van der Waals surface area contributed by atoms with Crippen molar-refractivity contribution >= 4 is 27.1 Å². The van der Waals surface area contributed by atoms with Crippen molar-refractivity contribution in [2.45, 2.75) is 0 Å². The number of ether oxygens (including phenoxy) is 1. The molecule has 0 N–H and O–H groups in total. The van der Waals surface area contributed by atoms with E-state index in [1.54, 1.807) is 0 Å². The van der Waals surface area contributed by atoms with E-state index in [0.29, 0.717) is 12.4 Å². The maximum absolute atomic E-state index is 11.9. The zero-order valence-corrected chi connectivity index (χ0v) is 14.1. The van der Waals surface area contributed by atoms with Crippen molar-refractivity contribution in [1.82, 2.24) is 4.90 Å². The largest absolute Gasteiger partial charge is 0.378 e. The number of morpholine rings is 1. The summed E-state index contributed by atoms with van der Waals surface area (Å²) in [5, 5.41) is 0. The molecule has 0 saturated carbocycles. The van der Waals surface area contributed by atoms with E-state index in [2.05, 4.69) is 21.4 Å². The Balaban J connectivity index is 1.64. The zero-order chi connectivity index (χ0) is 16.6. The molecule has 1 aromatic carbocycles. The second-order valence-electron chi connectivity index (χ2n) is 5.96. The lowest BCUT2D eigenvalue weighted by Gasteiger charge is -2.30. The van der Waals surface area contributed by atoms with Crippen LogP contribution in [0, 0.1) is 0 Å². The highest BCUT2D eigenvalue weighted by molar-refractivity contribution is 7.90. The number of anilines is 1. The summed E-state index contributed by atoms with van der Waals surface area (Å²) in [6.45, 7) is 3.73. The molecule has 0 bridgehead atoms. The minimum atomic E-state index is -3.37. The van der Waals surface area contributed by atoms with Gasteiger partial charge in [-0.05, 0) is 29.8 Å². The van der Waals surface area contributed by atoms with Crippen LogP contribution in [0.25, 0.3) is 5.57 Å². The topological polar surface area (TPSA) is 62.2 Å². The minimum absolute atomic E-state index is 0.0596. The van der Waals surface area contributed by atoms with Gasteiger partial charge >= 0.3 is 0 Å². The predicted octanol–water partition coefficient (Wildman–Crippen LogP) is 1.48. The number of fused-ring (bicyclic) bond motifs is 1. The molecule has 7 heteroatoms. The van der Waals surface area contributed by atoms with Crippen molar-refractivity contribution in [1.29, 1.82) is 0 Å². The molecular weight excluding hydrogens is 326 g/mol. The highest BCUT2D eigenvalue weighted by Gasteiger charge is 2.27. The van der Waals surface area contributed by atoms with Crippen LogP contribution >= 0.6 is 0 Å². The van der Waals surface area contributed by atoms with Gasteiger partial charge < -0.3 is 14.5 Å². The normalized spacial score (nSPS) is 22.7. The summed E-state index contributed by atoms with van der Waals surface area (Å²) in [4.78, 5) is 4.18. The van der Waals surface area contributed by atoms with E-state index in [0.717, 1.165) is 43.1 Å². The number of amidine groups is 1. The van der Waals surface area contributed by atoms with Gasteiger partial charge in [0.1, 0.15) is 0 Å². The van der Waals surface area contributed by atoms with Crippen LogP contribution in [0.5, 0.6) is 0 Å².